The van der Waals surface area contributed by atoms with Crippen LogP contribution in [0.4, 0.5) is 17.3 Å². The minimum Gasteiger partial charge on any atom is -0.289 e. The Balaban J connectivity index is 1.90. The van der Waals surface area contributed by atoms with E-state index in [-0.39, 0.29) is 17.1 Å². The normalized spacial score (nSPS) is 10.4. The Kier molecular flexibility index (Phi) is 4.53. The van der Waals surface area contributed by atoms with Gasteiger partial charge >= 0.3 is 0 Å². The first-order valence-corrected chi connectivity index (χ1v) is 7.45. The molecule has 0 unspecified atom stereocenters. The number of hydrogen-bond acceptors (Lipinski definition) is 8. The quantitative estimate of drug-likeness (QED) is 0.509. The first-order chi connectivity index (χ1) is 12.9. The summed E-state index contributed by atoms with van der Waals surface area (Å²) in [6.45, 7) is 1.24. The fourth-order valence-electron chi connectivity index (χ4n) is 2.30. The van der Waals surface area contributed by atoms with Crippen molar-refractivity contribution in [3.63, 3.8) is 0 Å². The van der Waals surface area contributed by atoms with Crippen molar-refractivity contribution in [1.29, 1.82) is 0 Å². The van der Waals surface area contributed by atoms with Crippen LogP contribution < -0.4 is 5.32 Å². The largest absolute Gasteiger partial charge is 0.289 e. The third-order valence-electron chi connectivity index (χ3n) is 3.63. The SMILES string of the molecule is Cc1c([N+](=O)[O-])cc(C(=O)Nc2n[nH]c(-c3ccccn3)n2)cc1[N+](=O)[O-]. The fourth-order valence-corrected chi connectivity index (χ4v) is 2.30. The fraction of sp³-hybridized carbons (Fsp3) is 0.0667. The third-order valence-corrected chi connectivity index (χ3v) is 3.63. The molecular formula is C15H11N7O5. The molecule has 0 bridgehead atoms. The molecule has 12 heteroatoms. The molecule has 2 aromatic heterocycles. The van der Waals surface area contributed by atoms with Gasteiger partial charge in [-0.25, -0.2) is 0 Å². The van der Waals surface area contributed by atoms with Gasteiger partial charge in [-0.1, -0.05) is 6.07 Å². The summed E-state index contributed by atoms with van der Waals surface area (Å²) in [6.07, 6.45) is 1.56. The number of anilines is 1. The second-order valence-corrected chi connectivity index (χ2v) is 5.33. The molecule has 2 N–H and O–H groups in total. The Morgan fingerprint density at radius 1 is 1.15 bits per heavy atom. The maximum atomic E-state index is 12.4. The molecule has 3 rings (SSSR count). The zero-order valence-electron chi connectivity index (χ0n) is 13.7. The van der Waals surface area contributed by atoms with Gasteiger partial charge in [-0.2, -0.15) is 4.98 Å². The lowest BCUT2D eigenvalue weighted by Gasteiger charge is -2.04. The average molecular weight is 369 g/mol. The number of aromatic nitrogens is 4. The molecule has 0 aliphatic carbocycles. The molecule has 1 aromatic carbocycles. The molecule has 0 saturated heterocycles. The monoisotopic (exact) mass is 369 g/mol. The molecule has 0 radical (unpaired) electrons. The van der Waals surface area contributed by atoms with Gasteiger partial charge in [-0.3, -0.25) is 40.4 Å². The Morgan fingerprint density at radius 2 is 1.81 bits per heavy atom. The van der Waals surface area contributed by atoms with Crippen molar-refractivity contribution in [2.45, 2.75) is 6.92 Å². The minimum atomic E-state index is -0.826. The molecule has 2 heterocycles. The number of benzene rings is 1. The number of nitrogens with zero attached hydrogens (tertiary/aromatic N) is 5. The molecule has 12 nitrogen and oxygen atoms in total. The molecule has 3 aromatic rings. The predicted octanol–water partition coefficient (Wildman–Crippen LogP) is 2.24. The number of carbonyl (C=O) groups is 1. The summed E-state index contributed by atoms with van der Waals surface area (Å²) in [5, 5.41) is 31.0. The Hall–Kier alpha value is -4.22. The van der Waals surface area contributed by atoms with Gasteiger partial charge in [-0.05, 0) is 19.1 Å². The molecule has 0 fully saturated rings. The highest BCUT2D eigenvalue weighted by Crippen LogP contribution is 2.29. The van der Waals surface area contributed by atoms with E-state index in [1.54, 1.807) is 24.4 Å². The zero-order valence-corrected chi connectivity index (χ0v) is 13.7. The zero-order chi connectivity index (χ0) is 19.6. The van der Waals surface area contributed by atoms with Gasteiger partial charge in [0.05, 0.1) is 15.4 Å². The number of pyridine rings is 1. The van der Waals surface area contributed by atoms with Crippen molar-refractivity contribution in [2.75, 3.05) is 5.32 Å². The van der Waals surface area contributed by atoms with Crippen LogP contribution in [0.25, 0.3) is 11.5 Å². The first kappa shape index (κ1) is 17.6. The number of aromatic amines is 1. The standard InChI is InChI=1S/C15H11N7O5/c1-8-11(21(24)25)6-9(7-12(8)22(26)27)14(23)18-15-17-13(19-20-15)10-4-2-3-5-16-10/h2-7H,1H3,(H2,17,18,19,20,23). The number of nitro groups is 2. The minimum absolute atomic E-state index is 0.105. The highest BCUT2D eigenvalue weighted by molar-refractivity contribution is 6.04. The van der Waals surface area contributed by atoms with E-state index in [1.807, 2.05) is 0 Å². The van der Waals surface area contributed by atoms with Crippen molar-refractivity contribution < 1.29 is 14.6 Å². The van der Waals surface area contributed by atoms with Crippen LogP contribution in [0.5, 0.6) is 0 Å². The molecule has 0 atom stereocenters. The van der Waals surface area contributed by atoms with Crippen LogP contribution in [0, 0.1) is 27.2 Å². The van der Waals surface area contributed by atoms with Crippen LogP contribution >= 0.6 is 0 Å². The van der Waals surface area contributed by atoms with Crippen LogP contribution in [-0.2, 0) is 0 Å². The van der Waals surface area contributed by atoms with E-state index in [4.69, 9.17) is 0 Å². The molecule has 0 spiro atoms. The number of amides is 1. The van der Waals surface area contributed by atoms with Gasteiger partial charge < -0.3 is 0 Å². The molecular weight excluding hydrogens is 358 g/mol. The van der Waals surface area contributed by atoms with E-state index >= 15 is 0 Å². The van der Waals surface area contributed by atoms with Gasteiger partial charge in [0.25, 0.3) is 17.3 Å². The molecule has 0 aliphatic rings. The van der Waals surface area contributed by atoms with E-state index in [1.165, 1.54) is 6.92 Å². The number of carbonyl (C=O) groups excluding carboxylic acids is 1. The van der Waals surface area contributed by atoms with E-state index in [2.05, 4.69) is 25.5 Å². The summed E-state index contributed by atoms with van der Waals surface area (Å²) in [7, 11) is 0. The van der Waals surface area contributed by atoms with E-state index < -0.39 is 27.1 Å². The lowest BCUT2D eigenvalue weighted by Crippen LogP contribution is -2.14. The van der Waals surface area contributed by atoms with Crippen LogP contribution in [0.3, 0.4) is 0 Å². The van der Waals surface area contributed by atoms with Crippen molar-refractivity contribution >= 4 is 23.2 Å². The summed E-state index contributed by atoms with van der Waals surface area (Å²) in [6, 6.07) is 7.07. The molecule has 27 heavy (non-hydrogen) atoms. The third kappa shape index (κ3) is 3.58. The second-order valence-electron chi connectivity index (χ2n) is 5.33. The Bertz CT molecular complexity index is 1010. The van der Waals surface area contributed by atoms with Crippen molar-refractivity contribution in [2.24, 2.45) is 0 Å². The summed E-state index contributed by atoms with van der Waals surface area (Å²) in [5.41, 5.74) is -0.968. The van der Waals surface area contributed by atoms with E-state index in [0.717, 1.165) is 12.1 Å². The maximum absolute atomic E-state index is 12.4. The van der Waals surface area contributed by atoms with Crippen LogP contribution in [-0.4, -0.2) is 35.9 Å². The summed E-state index contributed by atoms with van der Waals surface area (Å²) in [4.78, 5) is 41.1. The summed E-state index contributed by atoms with van der Waals surface area (Å²) < 4.78 is 0. The van der Waals surface area contributed by atoms with Gasteiger partial charge in [-0.15, -0.1) is 5.10 Å². The molecule has 136 valence electrons. The highest BCUT2D eigenvalue weighted by atomic mass is 16.6. The van der Waals surface area contributed by atoms with Crippen molar-refractivity contribution in [3.8, 4) is 11.5 Å². The average Bonchev–Trinajstić information content (AvgIpc) is 3.10. The van der Waals surface area contributed by atoms with E-state index in [9.17, 15) is 25.0 Å². The molecule has 1 amide bonds. The maximum Gasteiger partial charge on any atom is 0.279 e. The van der Waals surface area contributed by atoms with Gasteiger partial charge in [0, 0.05) is 18.3 Å². The van der Waals surface area contributed by atoms with E-state index in [0.29, 0.717) is 11.5 Å². The highest BCUT2D eigenvalue weighted by Gasteiger charge is 2.25. The van der Waals surface area contributed by atoms with Crippen LogP contribution in [0.2, 0.25) is 0 Å². The van der Waals surface area contributed by atoms with Crippen LogP contribution in [0.15, 0.2) is 36.5 Å². The number of nitro benzene ring substituents is 2. The Labute approximate surface area is 150 Å². The lowest BCUT2D eigenvalue weighted by molar-refractivity contribution is -0.395. The number of hydrogen-bond donors (Lipinski definition) is 2. The van der Waals surface area contributed by atoms with Crippen molar-refractivity contribution in [3.05, 3.63) is 67.9 Å². The first-order valence-electron chi connectivity index (χ1n) is 7.45. The number of nitrogens with one attached hydrogen (secondary N) is 2. The molecule has 0 aliphatic heterocycles. The number of H-pyrrole nitrogens is 1. The molecule has 0 saturated carbocycles. The van der Waals surface area contributed by atoms with Gasteiger partial charge in [0.2, 0.25) is 5.95 Å². The summed E-state index contributed by atoms with van der Waals surface area (Å²) in [5.74, 6) is -0.633. The van der Waals surface area contributed by atoms with Gasteiger partial charge in [0.1, 0.15) is 11.3 Å². The summed E-state index contributed by atoms with van der Waals surface area (Å²) >= 11 is 0. The van der Waals surface area contributed by atoms with Crippen molar-refractivity contribution in [1.82, 2.24) is 20.2 Å². The van der Waals surface area contributed by atoms with Gasteiger partial charge in [0.15, 0.2) is 5.82 Å². The number of rotatable bonds is 5. The lowest BCUT2D eigenvalue weighted by atomic mass is 10.1. The topological polar surface area (TPSA) is 170 Å². The second kappa shape index (κ2) is 6.95. The predicted molar refractivity (Wildman–Crippen MR) is 92.1 cm³/mol. The Morgan fingerprint density at radius 3 is 2.37 bits per heavy atom. The van der Waals surface area contributed by atoms with Crippen LogP contribution in [0.1, 0.15) is 15.9 Å². The smallest absolute Gasteiger partial charge is 0.279 e.